The summed E-state index contributed by atoms with van der Waals surface area (Å²) in [6.07, 6.45) is 17.3. The average molecular weight is 447 g/mol. The third-order valence-electron chi connectivity index (χ3n) is 8.93. The van der Waals surface area contributed by atoms with Crippen LogP contribution in [0.25, 0.3) is 0 Å². The van der Waals surface area contributed by atoms with E-state index in [-0.39, 0.29) is 11.0 Å². The van der Waals surface area contributed by atoms with E-state index in [2.05, 4.69) is 54.3 Å². The molecule has 1 saturated heterocycles. The molecule has 178 valence electrons. The van der Waals surface area contributed by atoms with Gasteiger partial charge in [-0.25, -0.2) is 0 Å². The van der Waals surface area contributed by atoms with Crippen molar-refractivity contribution < 1.29 is 4.74 Å². The quantitative estimate of drug-likeness (QED) is 0.395. The first-order valence-electron chi connectivity index (χ1n) is 13.6. The molecule has 1 aromatic heterocycles. The number of hydrogen-bond acceptors (Lipinski definition) is 3. The number of rotatable bonds is 8. The van der Waals surface area contributed by atoms with Crippen LogP contribution in [0.1, 0.15) is 101 Å². The highest BCUT2D eigenvalue weighted by Crippen LogP contribution is 2.50. The fourth-order valence-corrected chi connectivity index (χ4v) is 7.16. The van der Waals surface area contributed by atoms with Crippen LogP contribution < -0.4 is 4.90 Å². The van der Waals surface area contributed by atoms with Gasteiger partial charge in [-0.3, -0.25) is 4.98 Å². The molecule has 3 heteroatoms. The lowest BCUT2D eigenvalue weighted by Gasteiger charge is -2.46. The average Bonchev–Trinajstić information content (AvgIpc) is 3.31. The van der Waals surface area contributed by atoms with E-state index in [4.69, 9.17) is 9.72 Å². The van der Waals surface area contributed by atoms with Gasteiger partial charge >= 0.3 is 0 Å². The number of unbranched alkanes of at least 4 members (excludes halogenated alkanes) is 2. The molecule has 2 fully saturated rings. The molecule has 1 aliphatic carbocycles. The van der Waals surface area contributed by atoms with Gasteiger partial charge in [-0.15, -0.1) is 0 Å². The van der Waals surface area contributed by atoms with Crippen LogP contribution in [0.15, 0.2) is 48.7 Å². The van der Waals surface area contributed by atoms with Crippen molar-refractivity contribution in [1.82, 2.24) is 4.98 Å². The maximum absolute atomic E-state index is 6.43. The third kappa shape index (κ3) is 4.85. The smallest absolute Gasteiger partial charge is 0.0691 e. The van der Waals surface area contributed by atoms with Crippen LogP contribution >= 0.6 is 0 Å². The van der Waals surface area contributed by atoms with E-state index in [9.17, 15) is 0 Å². The van der Waals surface area contributed by atoms with Gasteiger partial charge in [0, 0.05) is 42.7 Å². The summed E-state index contributed by atoms with van der Waals surface area (Å²) in [5.74, 6) is 0.735. The number of hydrogen-bond donors (Lipinski definition) is 0. The molecule has 1 unspecified atom stereocenters. The highest BCUT2D eigenvalue weighted by Gasteiger charge is 2.48. The highest BCUT2D eigenvalue weighted by atomic mass is 16.5. The van der Waals surface area contributed by atoms with Crippen LogP contribution in [-0.2, 0) is 10.2 Å². The summed E-state index contributed by atoms with van der Waals surface area (Å²) in [4.78, 5) is 7.43. The SMILES string of the molecule is CCN1CCC(CCCCC[C@@]2(c3ccccn3)CCOC3(CCCC3)C2)c2ccccc21. The zero-order valence-corrected chi connectivity index (χ0v) is 20.6. The summed E-state index contributed by atoms with van der Waals surface area (Å²) in [6, 6.07) is 15.7. The second kappa shape index (κ2) is 10.2. The number of ether oxygens (including phenoxy) is 1. The first kappa shape index (κ1) is 22.9. The van der Waals surface area contributed by atoms with E-state index in [0.29, 0.717) is 0 Å². The Hall–Kier alpha value is -1.87. The minimum absolute atomic E-state index is 0.132. The standard InChI is InChI=1S/C30H42N2O/c1-2-32-22-16-25(26-13-5-6-14-27(26)32)12-4-3-8-17-29(28-15-7-11-21-31-28)20-23-33-30(24-29)18-9-10-19-30/h5-7,11,13-15,21,25H,2-4,8-10,12,16-20,22-24H2,1H3/t25?,29-/m1/s1. The van der Waals surface area contributed by atoms with E-state index >= 15 is 0 Å². The molecular formula is C30H42N2O. The summed E-state index contributed by atoms with van der Waals surface area (Å²) in [5, 5.41) is 0. The van der Waals surface area contributed by atoms with Crippen molar-refractivity contribution in [2.24, 2.45) is 0 Å². The Morgan fingerprint density at radius 2 is 1.85 bits per heavy atom. The van der Waals surface area contributed by atoms with Crippen molar-refractivity contribution in [2.75, 3.05) is 24.6 Å². The van der Waals surface area contributed by atoms with Crippen molar-refractivity contribution in [3.05, 3.63) is 59.9 Å². The second-order valence-corrected chi connectivity index (χ2v) is 10.9. The number of benzene rings is 1. The first-order valence-corrected chi connectivity index (χ1v) is 13.6. The summed E-state index contributed by atoms with van der Waals surface area (Å²) in [6.45, 7) is 5.51. The summed E-state index contributed by atoms with van der Waals surface area (Å²) < 4.78 is 6.43. The van der Waals surface area contributed by atoms with Gasteiger partial charge in [0.15, 0.2) is 0 Å². The topological polar surface area (TPSA) is 25.4 Å². The Morgan fingerprint density at radius 3 is 2.67 bits per heavy atom. The van der Waals surface area contributed by atoms with E-state index in [0.717, 1.165) is 25.5 Å². The number of pyridine rings is 1. The zero-order chi connectivity index (χ0) is 22.6. The summed E-state index contributed by atoms with van der Waals surface area (Å²) in [5.41, 5.74) is 4.73. The maximum atomic E-state index is 6.43. The van der Waals surface area contributed by atoms with Gasteiger partial charge in [-0.2, -0.15) is 0 Å². The molecule has 33 heavy (non-hydrogen) atoms. The maximum Gasteiger partial charge on any atom is 0.0691 e. The molecular weight excluding hydrogens is 404 g/mol. The Morgan fingerprint density at radius 1 is 1.00 bits per heavy atom. The fourth-order valence-electron chi connectivity index (χ4n) is 7.16. The molecule has 3 heterocycles. The molecule has 0 bridgehead atoms. The second-order valence-electron chi connectivity index (χ2n) is 10.9. The molecule has 3 aliphatic rings. The molecule has 1 spiro atoms. The number of para-hydroxylation sites is 1. The van der Waals surface area contributed by atoms with Gasteiger partial charge < -0.3 is 9.64 Å². The van der Waals surface area contributed by atoms with Gasteiger partial charge in [0.05, 0.1) is 5.60 Å². The Balaban J connectivity index is 1.20. The predicted octanol–water partition coefficient (Wildman–Crippen LogP) is 7.41. The normalized spacial score (nSPS) is 26.5. The fraction of sp³-hybridized carbons (Fsp3) is 0.633. The lowest BCUT2D eigenvalue weighted by molar-refractivity contribution is -0.104. The van der Waals surface area contributed by atoms with Gasteiger partial charge in [-0.1, -0.05) is 56.4 Å². The minimum atomic E-state index is 0.132. The van der Waals surface area contributed by atoms with Crippen LogP contribution in [0.3, 0.4) is 0 Å². The van der Waals surface area contributed by atoms with E-state index in [1.54, 1.807) is 5.56 Å². The molecule has 2 atom stereocenters. The lowest BCUT2D eigenvalue weighted by Crippen LogP contribution is -2.46. The molecule has 2 aliphatic heterocycles. The first-order chi connectivity index (χ1) is 16.2. The van der Waals surface area contributed by atoms with Crippen molar-refractivity contribution in [3.63, 3.8) is 0 Å². The van der Waals surface area contributed by atoms with Crippen molar-refractivity contribution in [1.29, 1.82) is 0 Å². The Bertz CT molecular complexity index is 891. The number of fused-ring (bicyclic) bond motifs is 1. The van der Waals surface area contributed by atoms with Gasteiger partial charge in [-0.05, 0) is 81.5 Å². The number of nitrogens with zero attached hydrogens (tertiary/aromatic N) is 2. The Kier molecular flexibility index (Phi) is 7.06. The van der Waals surface area contributed by atoms with Crippen molar-refractivity contribution in [2.45, 2.75) is 101 Å². The van der Waals surface area contributed by atoms with Crippen LogP contribution in [-0.4, -0.2) is 30.3 Å². The predicted molar refractivity (Wildman–Crippen MR) is 137 cm³/mol. The minimum Gasteiger partial charge on any atom is -0.375 e. The lowest BCUT2D eigenvalue weighted by atomic mass is 9.67. The number of anilines is 1. The van der Waals surface area contributed by atoms with Crippen LogP contribution in [0.2, 0.25) is 0 Å². The largest absolute Gasteiger partial charge is 0.375 e. The molecule has 1 saturated carbocycles. The highest BCUT2D eigenvalue weighted by molar-refractivity contribution is 5.57. The molecule has 1 aromatic carbocycles. The van der Waals surface area contributed by atoms with Crippen LogP contribution in [0.4, 0.5) is 5.69 Å². The molecule has 3 nitrogen and oxygen atoms in total. The molecule has 2 aromatic rings. The Labute approximate surface area is 200 Å². The van der Waals surface area contributed by atoms with E-state index in [1.165, 1.54) is 88.6 Å². The van der Waals surface area contributed by atoms with Crippen molar-refractivity contribution >= 4 is 5.69 Å². The summed E-state index contributed by atoms with van der Waals surface area (Å²) >= 11 is 0. The third-order valence-corrected chi connectivity index (χ3v) is 8.93. The van der Waals surface area contributed by atoms with Crippen LogP contribution in [0, 0.1) is 0 Å². The molecule has 5 rings (SSSR count). The van der Waals surface area contributed by atoms with Crippen molar-refractivity contribution in [3.8, 4) is 0 Å². The zero-order valence-electron chi connectivity index (χ0n) is 20.6. The molecule has 0 N–H and O–H groups in total. The van der Waals surface area contributed by atoms with Crippen LogP contribution in [0.5, 0.6) is 0 Å². The van der Waals surface area contributed by atoms with E-state index < -0.39 is 0 Å². The van der Waals surface area contributed by atoms with Gasteiger partial charge in [0.25, 0.3) is 0 Å². The van der Waals surface area contributed by atoms with Gasteiger partial charge in [0.2, 0.25) is 0 Å². The van der Waals surface area contributed by atoms with Gasteiger partial charge in [0.1, 0.15) is 0 Å². The van der Waals surface area contributed by atoms with E-state index in [1.807, 2.05) is 6.20 Å². The molecule has 0 radical (unpaired) electrons. The summed E-state index contributed by atoms with van der Waals surface area (Å²) in [7, 11) is 0. The number of aromatic nitrogens is 1. The molecule has 0 amide bonds. The monoisotopic (exact) mass is 446 g/mol.